The van der Waals surface area contributed by atoms with Gasteiger partial charge in [-0.05, 0) is 6.26 Å². The second kappa shape index (κ2) is 5.78. The molecule has 0 aliphatic carbocycles. The molecule has 2 aromatic rings. The van der Waals surface area contributed by atoms with Gasteiger partial charge in [0.2, 0.25) is 0 Å². The molecule has 0 amide bonds. The Kier molecular flexibility index (Phi) is 4.36. The predicted molar refractivity (Wildman–Crippen MR) is 66.1 cm³/mol. The van der Waals surface area contributed by atoms with Gasteiger partial charge in [-0.2, -0.15) is 31.4 Å². The third-order valence-electron chi connectivity index (χ3n) is 2.50. The van der Waals surface area contributed by atoms with Gasteiger partial charge in [-0.15, -0.1) is 0 Å². The molecule has 0 radical (unpaired) electrons. The quantitative estimate of drug-likeness (QED) is 0.485. The standard InChI is InChI=1S/C11H8F6N4S/c1-22-9-18-3-7(11(15,16)17)8(20-9)6-2-19-21(4-6)5-10(12,13)14/h2-4H,5H2,1H3. The van der Waals surface area contributed by atoms with E-state index in [-0.39, 0.29) is 10.7 Å². The Bertz CT molecular complexity index is 663. The highest BCUT2D eigenvalue weighted by Gasteiger charge is 2.36. The van der Waals surface area contributed by atoms with Crippen LogP contribution in [0.4, 0.5) is 26.3 Å². The zero-order valence-corrected chi connectivity index (χ0v) is 11.7. The molecule has 0 aromatic carbocycles. The van der Waals surface area contributed by atoms with Gasteiger partial charge in [0, 0.05) is 18.0 Å². The minimum absolute atomic E-state index is 0.0755. The maximum Gasteiger partial charge on any atom is 0.419 e. The first-order valence-corrected chi connectivity index (χ1v) is 6.90. The molecule has 0 saturated carbocycles. The summed E-state index contributed by atoms with van der Waals surface area (Å²) >= 11 is 1.02. The second-order valence-electron chi connectivity index (χ2n) is 4.16. The van der Waals surface area contributed by atoms with E-state index in [9.17, 15) is 26.3 Å². The molecule has 2 aromatic heterocycles. The number of aromatic nitrogens is 4. The van der Waals surface area contributed by atoms with E-state index in [1.54, 1.807) is 6.26 Å². The molecule has 22 heavy (non-hydrogen) atoms. The average molecular weight is 342 g/mol. The lowest BCUT2D eigenvalue weighted by Gasteiger charge is -2.11. The Labute approximate surface area is 124 Å². The van der Waals surface area contributed by atoms with E-state index >= 15 is 0 Å². The molecule has 0 bridgehead atoms. The van der Waals surface area contributed by atoms with Crippen LogP contribution in [0.3, 0.4) is 0 Å². The first-order valence-electron chi connectivity index (χ1n) is 5.68. The molecule has 120 valence electrons. The molecule has 2 rings (SSSR count). The van der Waals surface area contributed by atoms with E-state index in [2.05, 4.69) is 15.1 Å². The van der Waals surface area contributed by atoms with Crippen molar-refractivity contribution < 1.29 is 26.3 Å². The highest BCUT2D eigenvalue weighted by atomic mass is 32.2. The van der Waals surface area contributed by atoms with Gasteiger partial charge in [0.1, 0.15) is 12.1 Å². The van der Waals surface area contributed by atoms with Crippen molar-refractivity contribution in [3.63, 3.8) is 0 Å². The van der Waals surface area contributed by atoms with Gasteiger partial charge in [0.05, 0.1) is 11.9 Å². The van der Waals surface area contributed by atoms with Crippen LogP contribution in [0.15, 0.2) is 23.7 Å². The van der Waals surface area contributed by atoms with E-state index in [0.717, 1.165) is 24.2 Å². The van der Waals surface area contributed by atoms with Crippen molar-refractivity contribution in [2.45, 2.75) is 24.1 Å². The van der Waals surface area contributed by atoms with Crippen LogP contribution in [-0.4, -0.2) is 32.2 Å². The SMILES string of the molecule is CSc1ncc(C(F)(F)F)c(-c2cnn(CC(F)(F)F)c2)n1. The molecule has 11 heteroatoms. The molecule has 0 atom stereocenters. The molecule has 4 nitrogen and oxygen atoms in total. The van der Waals surface area contributed by atoms with Crippen LogP contribution in [-0.2, 0) is 12.7 Å². The summed E-state index contributed by atoms with van der Waals surface area (Å²) in [6.45, 7) is -1.39. The number of thioether (sulfide) groups is 1. The van der Waals surface area contributed by atoms with E-state index < -0.39 is 30.2 Å². The number of alkyl halides is 6. The highest BCUT2D eigenvalue weighted by molar-refractivity contribution is 7.98. The number of nitrogens with zero attached hydrogens (tertiary/aromatic N) is 4. The van der Waals surface area contributed by atoms with E-state index in [0.29, 0.717) is 10.9 Å². The van der Waals surface area contributed by atoms with Crippen molar-refractivity contribution in [1.82, 2.24) is 19.7 Å². The lowest BCUT2D eigenvalue weighted by atomic mass is 10.1. The summed E-state index contributed by atoms with van der Waals surface area (Å²) in [6.07, 6.45) is -5.29. The number of rotatable bonds is 3. The van der Waals surface area contributed by atoms with Crippen molar-refractivity contribution in [2.75, 3.05) is 6.26 Å². The topological polar surface area (TPSA) is 43.6 Å². The molecule has 0 unspecified atom stereocenters. The second-order valence-corrected chi connectivity index (χ2v) is 4.93. The van der Waals surface area contributed by atoms with E-state index in [4.69, 9.17) is 0 Å². The summed E-state index contributed by atoms with van der Waals surface area (Å²) in [7, 11) is 0. The summed E-state index contributed by atoms with van der Waals surface area (Å²) in [4.78, 5) is 7.28. The Morgan fingerprint density at radius 3 is 2.36 bits per heavy atom. The lowest BCUT2D eigenvalue weighted by molar-refractivity contribution is -0.142. The van der Waals surface area contributed by atoms with Gasteiger partial charge >= 0.3 is 12.4 Å². The minimum Gasteiger partial charge on any atom is -0.263 e. The maximum atomic E-state index is 13.0. The first kappa shape index (κ1) is 16.6. The van der Waals surface area contributed by atoms with Gasteiger partial charge in [-0.1, -0.05) is 11.8 Å². The normalized spacial score (nSPS) is 12.7. The fourth-order valence-electron chi connectivity index (χ4n) is 1.65. The Hall–Kier alpha value is -1.78. The van der Waals surface area contributed by atoms with Crippen LogP contribution in [0.25, 0.3) is 11.3 Å². The van der Waals surface area contributed by atoms with Crippen LogP contribution >= 0.6 is 11.8 Å². The monoisotopic (exact) mass is 342 g/mol. The summed E-state index contributed by atoms with van der Waals surface area (Å²) in [5.41, 5.74) is -1.79. The molecule has 0 spiro atoms. The minimum atomic E-state index is -4.72. The van der Waals surface area contributed by atoms with Gasteiger partial charge < -0.3 is 0 Å². The molecular weight excluding hydrogens is 334 g/mol. The molecular formula is C11H8F6N4S. The number of hydrogen-bond donors (Lipinski definition) is 0. The molecule has 0 aliphatic heterocycles. The van der Waals surface area contributed by atoms with Gasteiger partial charge in [0.15, 0.2) is 5.16 Å². The fourth-order valence-corrected chi connectivity index (χ4v) is 1.99. The molecule has 0 saturated heterocycles. The third-order valence-corrected chi connectivity index (χ3v) is 3.06. The molecule has 2 heterocycles. The predicted octanol–water partition coefficient (Wildman–Crippen LogP) is 3.64. The Morgan fingerprint density at radius 2 is 1.82 bits per heavy atom. The summed E-state index contributed by atoms with van der Waals surface area (Å²) in [5.74, 6) is 0. The smallest absolute Gasteiger partial charge is 0.263 e. The Morgan fingerprint density at radius 1 is 1.14 bits per heavy atom. The van der Waals surface area contributed by atoms with Crippen molar-refractivity contribution >= 4 is 11.8 Å². The summed E-state index contributed by atoms with van der Waals surface area (Å²) in [6, 6.07) is 0. The number of halogens is 6. The van der Waals surface area contributed by atoms with Gasteiger partial charge in [0.25, 0.3) is 0 Å². The van der Waals surface area contributed by atoms with Crippen LogP contribution in [0.2, 0.25) is 0 Å². The molecule has 0 fully saturated rings. The average Bonchev–Trinajstić information content (AvgIpc) is 2.83. The molecule has 0 N–H and O–H groups in total. The lowest BCUT2D eigenvalue weighted by Crippen LogP contribution is -2.17. The third kappa shape index (κ3) is 3.90. The van der Waals surface area contributed by atoms with Crippen LogP contribution in [0, 0.1) is 0 Å². The highest BCUT2D eigenvalue weighted by Crippen LogP contribution is 2.36. The van der Waals surface area contributed by atoms with Crippen molar-refractivity contribution in [3.8, 4) is 11.3 Å². The maximum absolute atomic E-state index is 13.0. The fraction of sp³-hybridized carbons (Fsp3) is 0.364. The number of hydrogen-bond acceptors (Lipinski definition) is 4. The van der Waals surface area contributed by atoms with Gasteiger partial charge in [-0.3, -0.25) is 4.68 Å². The Balaban J connectivity index is 2.47. The van der Waals surface area contributed by atoms with Gasteiger partial charge in [-0.25, -0.2) is 9.97 Å². The van der Waals surface area contributed by atoms with Crippen molar-refractivity contribution in [1.29, 1.82) is 0 Å². The van der Waals surface area contributed by atoms with Crippen LogP contribution in [0.5, 0.6) is 0 Å². The summed E-state index contributed by atoms with van der Waals surface area (Å²) in [5, 5.41) is 3.49. The van der Waals surface area contributed by atoms with Crippen LogP contribution < -0.4 is 0 Å². The zero-order valence-electron chi connectivity index (χ0n) is 10.9. The zero-order chi connectivity index (χ0) is 16.5. The van der Waals surface area contributed by atoms with Crippen molar-refractivity contribution in [2.24, 2.45) is 0 Å². The van der Waals surface area contributed by atoms with Crippen molar-refractivity contribution in [3.05, 3.63) is 24.2 Å². The first-order chi connectivity index (χ1) is 10.1. The molecule has 0 aliphatic rings. The van der Waals surface area contributed by atoms with Crippen LogP contribution in [0.1, 0.15) is 5.56 Å². The van der Waals surface area contributed by atoms with E-state index in [1.807, 2.05) is 0 Å². The largest absolute Gasteiger partial charge is 0.419 e. The van der Waals surface area contributed by atoms with E-state index in [1.165, 1.54) is 0 Å². The summed E-state index contributed by atoms with van der Waals surface area (Å²) < 4.78 is 76.2.